The third-order valence-electron chi connectivity index (χ3n) is 4.61. The molecule has 6 heteroatoms. The monoisotopic (exact) mass is 417 g/mol. The fourth-order valence-corrected chi connectivity index (χ4v) is 4.60. The van der Waals surface area contributed by atoms with Gasteiger partial charge in [0.15, 0.2) is 0 Å². The quantitative estimate of drug-likeness (QED) is 0.364. The zero-order valence-corrected chi connectivity index (χ0v) is 16.8. The Kier molecular flexibility index (Phi) is 5.50. The minimum atomic E-state index is -3.72. The maximum Gasteiger partial charge on any atom is 0.330 e. The lowest BCUT2D eigenvalue weighted by Gasteiger charge is -2.12. The summed E-state index contributed by atoms with van der Waals surface area (Å²) in [4.78, 5) is 12.6. The first kappa shape index (κ1) is 19.7. The van der Waals surface area contributed by atoms with Crippen molar-refractivity contribution < 1.29 is 17.9 Å². The van der Waals surface area contributed by atoms with Crippen LogP contribution in [-0.4, -0.2) is 20.9 Å². The third kappa shape index (κ3) is 4.18. The molecule has 0 fully saturated rings. The molecule has 0 atom stereocenters. The van der Waals surface area contributed by atoms with E-state index in [1.165, 1.54) is 6.07 Å². The minimum absolute atomic E-state index is 0.106. The molecule has 0 aromatic heterocycles. The number of carbonyl (C=O) groups excluding carboxylic acids is 1. The number of fused-ring (bicyclic) bond motifs is 1. The summed E-state index contributed by atoms with van der Waals surface area (Å²) < 4.78 is 31.3. The number of sulfone groups is 1. The third-order valence-corrected chi connectivity index (χ3v) is 6.43. The number of ether oxygens (including phenoxy) is 1. The van der Waals surface area contributed by atoms with Crippen LogP contribution in [0.5, 0.6) is 5.75 Å². The molecule has 30 heavy (non-hydrogen) atoms. The number of hydrogen-bond acceptors (Lipinski definition) is 5. The molecular formula is C24H19NO4S. The van der Waals surface area contributed by atoms with E-state index in [0.717, 1.165) is 10.8 Å². The van der Waals surface area contributed by atoms with Crippen molar-refractivity contribution in [2.75, 3.05) is 11.9 Å². The number of benzene rings is 4. The SMILES string of the molecule is O=C(CNc1ccccc1S(=O)(=O)c1ccccc1)Oc1ccc2ccccc2c1. The summed E-state index contributed by atoms with van der Waals surface area (Å²) in [6, 6.07) is 27.9. The lowest BCUT2D eigenvalue weighted by molar-refractivity contribution is -0.132. The largest absolute Gasteiger partial charge is 0.425 e. The second-order valence-corrected chi connectivity index (χ2v) is 8.57. The molecule has 0 aliphatic heterocycles. The predicted molar refractivity (Wildman–Crippen MR) is 116 cm³/mol. The van der Waals surface area contributed by atoms with E-state index in [9.17, 15) is 13.2 Å². The van der Waals surface area contributed by atoms with Gasteiger partial charge >= 0.3 is 5.97 Å². The number of esters is 1. The molecule has 0 unspecified atom stereocenters. The number of carbonyl (C=O) groups is 1. The van der Waals surface area contributed by atoms with E-state index < -0.39 is 15.8 Å². The van der Waals surface area contributed by atoms with E-state index in [1.807, 2.05) is 30.3 Å². The van der Waals surface area contributed by atoms with Crippen LogP contribution in [0, 0.1) is 0 Å². The van der Waals surface area contributed by atoms with E-state index in [-0.39, 0.29) is 16.3 Å². The Labute approximate surface area is 174 Å². The molecule has 4 aromatic rings. The number of hydrogen-bond donors (Lipinski definition) is 1. The average molecular weight is 417 g/mol. The van der Waals surface area contributed by atoms with Gasteiger partial charge in [0.1, 0.15) is 12.3 Å². The summed E-state index contributed by atoms with van der Waals surface area (Å²) in [5.74, 6) is -0.0807. The standard InChI is InChI=1S/C24H19NO4S/c26-24(29-20-15-14-18-8-4-5-9-19(18)16-20)17-25-22-12-6-7-13-23(22)30(27,28)21-10-2-1-3-11-21/h1-16,25H,17H2. The molecule has 4 aromatic carbocycles. The molecule has 0 aliphatic carbocycles. The van der Waals surface area contributed by atoms with E-state index in [4.69, 9.17) is 4.74 Å². The first-order chi connectivity index (χ1) is 14.5. The highest BCUT2D eigenvalue weighted by molar-refractivity contribution is 7.91. The molecule has 0 aliphatic rings. The zero-order chi connectivity index (χ0) is 21.0. The van der Waals surface area contributed by atoms with E-state index >= 15 is 0 Å². The van der Waals surface area contributed by atoms with Crippen molar-refractivity contribution in [2.24, 2.45) is 0 Å². The summed E-state index contributed by atoms with van der Waals surface area (Å²) in [6.45, 7) is -0.172. The van der Waals surface area contributed by atoms with E-state index in [1.54, 1.807) is 60.7 Å². The van der Waals surface area contributed by atoms with Crippen LogP contribution in [0.15, 0.2) is 107 Å². The van der Waals surface area contributed by atoms with E-state index in [0.29, 0.717) is 11.4 Å². The van der Waals surface area contributed by atoms with Crippen molar-refractivity contribution in [2.45, 2.75) is 9.79 Å². The summed E-state index contributed by atoms with van der Waals surface area (Å²) >= 11 is 0. The van der Waals surface area contributed by atoms with Gasteiger partial charge in [0.2, 0.25) is 9.84 Å². The van der Waals surface area contributed by atoms with Crippen LogP contribution in [0.1, 0.15) is 0 Å². The molecule has 5 nitrogen and oxygen atoms in total. The molecule has 1 N–H and O–H groups in total. The number of anilines is 1. The van der Waals surface area contributed by atoms with Gasteiger partial charge in [-0.3, -0.25) is 0 Å². The van der Waals surface area contributed by atoms with Crippen molar-refractivity contribution in [1.82, 2.24) is 0 Å². The smallest absolute Gasteiger partial charge is 0.330 e. The van der Waals surface area contributed by atoms with Crippen LogP contribution < -0.4 is 10.1 Å². The zero-order valence-electron chi connectivity index (χ0n) is 16.0. The highest BCUT2D eigenvalue weighted by atomic mass is 32.2. The number of rotatable bonds is 6. The van der Waals surface area contributed by atoms with Crippen LogP contribution in [0.4, 0.5) is 5.69 Å². The molecule has 0 bridgehead atoms. The molecule has 4 rings (SSSR count). The van der Waals surface area contributed by atoms with E-state index in [2.05, 4.69) is 5.32 Å². The molecule has 0 saturated carbocycles. The number of para-hydroxylation sites is 1. The Morgan fingerprint density at radius 1 is 0.767 bits per heavy atom. The average Bonchev–Trinajstić information content (AvgIpc) is 2.78. The molecule has 0 amide bonds. The Hall–Kier alpha value is -3.64. The molecular weight excluding hydrogens is 398 g/mol. The highest BCUT2D eigenvalue weighted by Gasteiger charge is 2.21. The van der Waals surface area contributed by atoms with Gasteiger partial charge < -0.3 is 10.1 Å². The van der Waals surface area contributed by atoms with Gasteiger partial charge in [-0.15, -0.1) is 0 Å². The number of nitrogens with one attached hydrogen (secondary N) is 1. The maximum atomic E-state index is 13.0. The predicted octanol–water partition coefficient (Wildman–Crippen LogP) is 4.69. The molecule has 0 heterocycles. The van der Waals surface area contributed by atoms with Crippen LogP contribution >= 0.6 is 0 Å². The Morgan fingerprint density at radius 3 is 2.23 bits per heavy atom. The molecule has 0 spiro atoms. The van der Waals surface area contributed by atoms with Gasteiger partial charge in [-0.1, -0.05) is 60.7 Å². The summed E-state index contributed by atoms with van der Waals surface area (Å²) in [5, 5.41) is 4.91. The van der Waals surface area contributed by atoms with Gasteiger partial charge in [-0.05, 0) is 47.2 Å². The van der Waals surface area contributed by atoms with Crippen molar-refractivity contribution in [3.05, 3.63) is 97.1 Å². The van der Waals surface area contributed by atoms with Crippen molar-refractivity contribution in [3.63, 3.8) is 0 Å². The molecule has 0 radical (unpaired) electrons. The van der Waals surface area contributed by atoms with Crippen LogP contribution in [-0.2, 0) is 14.6 Å². The molecule has 150 valence electrons. The normalized spacial score (nSPS) is 11.2. The fraction of sp³-hybridized carbons (Fsp3) is 0.0417. The second-order valence-electron chi connectivity index (χ2n) is 6.65. The Morgan fingerprint density at radius 2 is 1.43 bits per heavy atom. The first-order valence-electron chi connectivity index (χ1n) is 9.36. The summed E-state index contributed by atoms with van der Waals surface area (Å²) in [6.07, 6.45) is 0. The van der Waals surface area contributed by atoms with Gasteiger partial charge in [0.05, 0.1) is 15.5 Å². The van der Waals surface area contributed by atoms with Gasteiger partial charge in [0.25, 0.3) is 0 Å². The lowest BCUT2D eigenvalue weighted by Crippen LogP contribution is -2.20. The second kappa shape index (κ2) is 8.39. The van der Waals surface area contributed by atoms with Crippen molar-refractivity contribution in [3.8, 4) is 5.75 Å². The van der Waals surface area contributed by atoms with Crippen LogP contribution in [0.2, 0.25) is 0 Å². The lowest BCUT2D eigenvalue weighted by atomic mass is 10.1. The maximum absolute atomic E-state index is 13.0. The Balaban J connectivity index is 1.49. The van der Waals surface area contributed by atoms with Crippen LogP contribution in [0.3, 0.4) is 0 Å². The summed E-state index contributed by atoms with van der Waals surface area (Å²) in [7, 11) is -3.72. The fourth-order valence-electron chi connectivity index (χ4n) is 3.14. The van der Waals surface area contributed by atoms with Crippen LogP contribution in [0.25, 0.3) is 10.8 Å². The molecule has 0 saturated heterocycles. The highest BCUT2D eigenvalue weighted by Crippen LogP contribution is 2.27. The van der Waals surface area contributed by atoms with Gasteiger partial charge in [-0.2, -0.15) is 0 Å². The Bertz CT molecular complexity index is 1300. The topological polar surface area (TPSA) is 72.5 Å². The van der Waals surface area contributed by atoms with Gasteiger partial charge in [0, 0.05) is 0 Å². The van der Waals surface area contributed by atoms with Crippen molar-refractivity contribution in [1.29, 1.82) is 0 Å². The first-order valence-corrected chi connectivity index (χ1v) is 10.8. The van der Waals surface area contributed by atoms with Gasteiger partial charge in [-0.25, -0.2) is 13.2 Å². The minimum Gasteiger partial charge on any atom is -0.425 e. The van der Waals surface area contributed by atoms with Crippen molar-refractivity contribution >= 4 is 32.3 Å². The summed E-state index contributed by atoms with van der Waals surface area (Å²) in [5.41, 5.74) is 0.344.